The number of unbranched alkanes of at least 4 members (excludes halogenated alkanes) is 49. The molecule has 1 rings (SSSR count). The summed E-state index contributed by atoms with van der Waals surface area (Å²) in [5, 5.41) is 54.5. The number of esters is 1. The van der Waals surface area contributed by atoms with Gasteiger partial charge < -0.3 is 45.1 Å². The van der Waals surface area contributed by atoms with Crippen LogP contribution in [0.1, 0.15) is 386 Å². The maximum Gasteiger partial charge on any atom is 0.305 e. The van der Waals surface area contributed by atoms with Crippen LogP contribution < -0.4 is 5.32 Å². The summed E-state index contributed by atoms with van der Waals surface area (Å²) in [6.07, 6.45) is 85.5. The van der Waals surface area contributed by atoms with Crippen molar-refractivity contribution in [3.8, 4) is 0 Å². The van der Waals surface area contributed by atoms with Gasteiger partial charge in [0.05, 0.1) is 32.0 Å². The van der Waals surface area contributed by atoms with Crippen molar-refractivity contribution in [2.24, 2.45) is 0 Å². The summed E-state index contributed by atoms with van der Waals surface area (Å²) in [5.41, 5.74) is 0. The Morgan fingerprint density at radius 2 is 0.731 bits per heavy atom. The van der Waals surface area contributed by atoms with Crippen molar-refractivity contribution in [3.05, 3.63) is 60.8 Å². The fourth-order valence-corrected chi connectivity index (χ4v) is 12.5. The Kier molecular flexibility index (Phi) is 67.2. The van der Waals surface area contributed by atoms with Gasteiger partial charge in [-0.1, -0.05) is 331 Å². The molecule has 0 saturated carbocycles. The molecule has 7 atom stereocenters. The molecule has 1 aliphatic rings. The van der Waals surface area contributed by atoms with Crippen LogP contribution in [0.4, 0.5) is 0 Å². The molecule has 0 spiro atoms. The second-order valence-electron chi connectivity index (χ2n) is 27.7. The fraction of sp³-hybridized carbons (Fsp3) is 0.854. The largest absolute Gasteiger partial charge is 0.466 e. The molecule has 7 unspecified atom stereocenters. The molecule has 0 aromatic heterocycles. The fourth-order valence-electron chi connectivity index (χ4n) is 12.5. The Hall–Kier alpha value is -2.64. The van der Waals surface area contributed by atoms with Crippen LogP contribution in [-0.2, 0) is 23.8 Å². The molecule has 11 heteroatoms. The van der Waals surface area contributed by atoms with Gasteiger partial charge in [0.1, 0.15) is 24.4 Å². The standard InChI is InChI=1S/C82H151NO10/c1-3-5-7-9-11-13-15-17-46-50-54-58-62-66-70-78(87)91-71-67-63-59-55-51-47-44-42-40-38-36-34-32-30-28-26-24-22-20-18-19-21-23-25-27-29-31-33-35-37-39-41-43-45-49-53-57-61-65-69-77(86)83-74(73-92-82-81(90)80(89)79(88)76(72-84)93-82)75(85)68-64-60-56-52-48-16-14-12-10-8-6-4-2/h15,17-19,22,24,48,52,64,68,74-76,79-82,84-85,88-90H,3-14,16,20-21,23,25-47,49-51,53-63,65-67,69-73H2,1-2H3,(H,83,86)/b17-15-,19-18-,24-22-,52-48+,68-64+. The smallest absolute Gasteiger partial charge is 0.305 e. The Morgan fingerprint density at radius 3 is 1.13 bits per heavy atom. The molecule has 6 N–H and O–H groups in total. The predicted octanol–water partition coefficient (Wildman–Crippen LogP) is 21.6. The van der Waals surface area contributed by atoms with Crippen molar-refractivity contribution in [3.63, 3.8) is 0 Å². The van der Waals surface area contributed by atoms with Crippen LogP contribution in [0.3, 0.4) is 0 Å². The summed E-state index contributed by atoms with van der Waals surface area (Å²) in [5.74, 6) is -0.182. The summed E-state index contributed by atoms with van der Waals surface area (Å²) in [6, 6.07) is -0.826. The van der Waals surface area contributed by atoms with Crippen molar-refractivity contribution < 1.29 is 49.3 Å². The van der Waals surface area contributed by atoms with E-state index in [2.05, 4.69) is 67.8 Å². The van der Waals surface area contributed by atoms with E-state index < -0.39 is 49.5 Å². The first-order valence-electron chi connectivity index (χ1n) is 40.1. The number of amides is 1. The molecular weight excluding hydrogens is 1160 g/mol. The monoisotopic (exact) mass is 1310 g/mol. The third kappa shape index (κ3) is 59.2. The highest BCUT2D eigenvalue weighted by Gasteiger charge is 2.44. The molecule has 1 heterocycles. The highest BCUT2D eigenvalue weighted by Crippen LogP contribution is 2.24. The van der Waals surface area contributed by atoms with E-state index in [0.29, 0.717) is 19.4 Å². The second-order valence-corrected chi connectivity index (χ2v) is 27.7. The van der Waals surface area contributed by atoms with Gasteiger partial charge in [-0.3, -0.25) is 9.59 Å². The lowest BCUT2D eigenvalue weighted by Crippen LogP contribution is -2.60. The molecule has 1 fully saturated rings. The summed E-state index contributed by atoms with van der Waals surface area (Å²) < 4.78 is 16.7. The number of carbonyl (C=O) groups excluding carboxylic acids is 2. The number of rotatable bonds is 71. The minimum Gasteiger partial charge on any atom is -0.466 e. The highest BCUT2D eigenvalue weighted by atomic mass is 16.7. The first-order valence-corrected chi connectivity index (χ1v) is 40.1. The van der Waals surface area contributed by atoms with Gasteiger partial charge in [-0.2, -0.15) is 0 Å². The average Bonchev–Trinajstić information content (AvgIpc) is 0.981. The van der Waals surface area contributed by atoms with E-state index >= 15 is 0 Å². The van der Waals surface area contributed by atoms with E-state index in [1.54, 1.807) is 6.08 Å². The van der Waals surface area contributed by atoms with Gasteiger partial charge in [0, 0.05) is 12.8 Å². The van der Waals surface area contributed by atoms with Gasteiger partial charge in [0.2, 0.25) is 5.91 Å². The summed E-state index contributed by atoms with van der Waals surface area (Å²) in [4.78, 5) is 25.1. The van der Waals surface area contributed by atoms with Crippen LogP contribution in [0.5, 0.6) is 0 Å². The van der Waals surface area contributed by atoms with Crippen molar-refractivity contribution >= 4 is 11.9 Å². The summed E-state index contributed by atoms with van der Waals surface area (Å²) in [7, 11) is 0. The van der Waals surface area contributed by atoms with Crippen molar-refractivity contribution in [1.29, 1.82) is 0 Å². The van der Waals surface area contributed by atoms with Crippen LogP contribution in [0.25, 0.3) is 0 Å². The van der Waals surface area contributed by atoms with Crippen LogP contribution in [0.15, 0.2) is 60.8 Å². The van der Waals surface area contributed by atoms with E-state index in [1.807, 2.05) is 6.08 Å². The van der Waals surface area contributed by atoms with Crippen LogP contribution in [0, 0.1) is 0 Å². The number of carbonyl (C=O) groups is 2. The number of aliphatic hydroxyl groups excluding tert-OH is 5. The number of nitrogens with one attached hydrogen (secondary N) is 1. The van der Waals surface area contributed by atoms with Crippen molar-refractivity contribution in [2.45, 2.75) is 429 Å². The topological polar surface area (TPSA) is 175 Å². The quantitative estimate of drug-likeness (QED) is 0.0195. The van der Waals surface area contributed by atoms with Gasteiger partial charge >= 0.3 is 5.97 Å². The zero-order chi connectivity index (χ0) is 67.2. The number of hydrogen-bond acceptors (Lipinski definition) is 10. The average molecular weight is 1310 g/mol. The summed E-state index contributed by atoms with van der Waals surface area (Å²) >= 11 is 0. The third-order valence-electron chi connectivity index (χ3n) is 18.8. The molecule has 1 saturated heterocycles. The second kappa shape index (κ2) is 70.7. The Morgan fingerprint density at radius 1 is 0.398 bits per heavy atom. The van der Waals surface area contributed by atoms with Crippen LogP contribution in [-0.4, -0.2) is 100 Å². The van der Waals surface area contributed by atoms with Crippen molar-refractivity contribution in [1.82, 2.24) is 5.32 Å². The molecule has 0 aromatic carbocycles. The van der Waals surface area contributed by atoms with Gasteiger partial charge in [0.25, 0.3) is 0 Å². The number of allylic oxidation sites excluding steroid dienone is 9. The maximum atomic E-state index is 13.1. The lowest BCUT2D eigenvalue weighted by atomic mass is 9.99. The predicted molar refractivity (Wildman–Crippen MR) is 393 cm³/mol. The van der Waals surface area contributed by atoms with E-state index in [9.17, 15) is 35.1 Å². The van der Waals surface area contributed by atoms with Gasteiger partial charge in [0.15, 0.2) is 6.29 Å². The minimum absolute atomic E-state index is 0.00602. The first-order chi connectivity index (χ1) is 45.7. The molecule has 11 nitrogen and oxygen atoms in total. The Balaban J connectivity index is 1.90. The van der Waals surface area contributed by atoms with Crippen molar-refractivity contribution in [2.75, 3.05) is 19.8 Å². The van der Waals surface area contributed by atoms with Crippen LogP contribution >= 0.6 is 0 Å². The number of ether oxygens (including phenoxy) is 3. The highest BCUT2D eigenvalue weighted by molar-refractivity contribution is 5.76. The Labute approximate surface area is 573 Å². The molecule has 0 aromatic rings. The van der Waals surface area contributed by atoms with E-state index in [-0.39, 0.29) is 18.5 Å². The van der Waals surface area contributed by atoms with E-state index in [1.165, 1.54) is 295 Å². The zero-order valence-corrected chi connectivity index (χ0v) is 60.7. The molecule has 544 valence electrons. The lowest BCUT2D eigenvalue weighted by molar-refractivity contribution is -0.302. The van der Waals surface area contributed by atoms with Gasteiger partial charge in [-0.25, -0.2) is 0 Å². The first kappa shape index (κ1) is 88.4. The molecule has 0 bridgehead atoms. The summed E-state index contributed by atoms with van der Waals surface area (Å²) in [6.45, 7) is 4.34. The minimum atomic E-state index is -1.58. The number of hydrogen-bond donors (Lipinski definition) is 6. The SMILES string of the molecule is CCCCCCC/C=C\CCCCCCCC(=O)OCCCCCCCCCCCCCCCCC/C=C\C/C=C\CCCCCCCCCCCCCCCCCCCC(=O)NC(COC1OC(CO)C(O)C(O)C1O)C(O)/C=C/CC/C=C/CCCCCCCC. The third-order valence-corrected chi connectivity index (χ3v) is 18.8. The number of aliphatic hydroxyl groups is 5. The zero-order valence-electron chi connectivity index (χ0n) is 60.7. The van der Waals surface area contributed by atoms with E-state index in [0.717, 1.165) is 64.2 Å². The molecule has 93 heavy (non-hydrogen) atoms. The van der Waals surface area contributed by atoms with Gasteiger partial charge in [-0.05, 0) is 103 Å². The maximum absolute atomic E-state index is 13.1. The molecular formula is C82H151NO10. The molecule has 1 aliphatic heterocycles. The van der Waals surface area contributed by atoms with Gasteiger partial charge in [-0.15, -0.1) is 0 Å². The molecule has 1 amide bonds. The molecule has 0 aliphatic carbocycles. The normalized spacial score (nSPS) is 17.8. The van der Waals surface area contributed by atoms with Crippen LogP contribution in [0.2, 0.25) is 0 Å². The molecule has 0 radical (unpaired) electrons. The van der Waals surface area contributed by atoms with E-state index in [4.69, 9.17) is 14.2 Å². The lowest BCUT2D eigenvalue weighted by Gasteiger charge is -2.40. The Bertz CT molecular complexity index is 1730.